The number of hydrogen-bond donors (Lipinski definition) is 1. The van der Waals surface area contributed by atoms with Crippen molar-refractivity contribution in [2.45, 2.75) is 33.1 Å². The molecular formula is C12H24N2. The molecule has 0 aliphatic carbocycles. The van der Waals surface area contributed by atoms with Crippen molar-refractivity contribution >= 4 is 0 Å². The van der Waals surface area contributed by atoms with Crippen molar-refractivity contribution in [2.24, 2.45) is 11.3 Å². The second-order valence-corrected chi connectivity index (χ2v) is 5.22. The lowest BCUT2D eigenvalue weighted by Gasteiger charge is -2.32. The molecule has 0 unspecified atom stereocenters. The van der Waals surface area contributed by atoms with Gasteiger partial charge in [-0.05, 0) is 37.1 Å². The summed E-state index contributed by atoms with van der Waals surface area (Å²) >= 11 is 0. The van der Waals surface area contributed by atoms with Crippen molar-refractivity contribution in [3.63, 3.8) is 0 Å². The highest BCUT2D eigenvalue weighted by atomic mass is 15.2. The van der Waals surface area contributed by atoms with Gasteiger partial charge in [0.15, 0.2) is 0 Å². The fourth-order valence-corrected chi connectivity index (χ4v) is 2.85. The maximum absolute atomic E-state index is 3.36. The lowest BCUT2D eigenvalue weighted by atomic mass is 9.82. The molecule has 2 heteroatoms. The number of likely N-dealkylation sites (tertiary alicyclic amines) is 1. The van der Waals surface area contributed by atoms with Crippen LogP contribution < -0.4 is 5.32 Å². The summed E-state index contributed by atoms with van der Waals surface area (Å²) in [5, 5.41) is 3.36. The van der Waals surface area contributed by atoms with Crippen LogP contribution in [0.2, 0.25) is 0 Å². The van der Waals surface area contributed by atoms with E-state index < -0.39 is 0 Å². The summed E-state index contributed by atoms with van der Waals surface area (Å²) in [6.45, 7) is 11.3. The van der Waals surface area contributed by atoms with Crippen LogP contribution in [0.4, 0.5) is 0 Å². The van der Waals surface area contributed by atoms with Gasteiger partial charge in [0.2, 0.25) is 0 Å². The van der Waals surface area contributed by atoms with Crippen LogP contribution in [0.1, 0.15) is 33.1 Å². The molecule has 82 valence electrons. The number of nitrogens with zero attached hydrogens (tertiary/aromatic N) is 1. The molecule has 0 aromatic carbocycles. The molecule has 0 aromatic rings. The molecule has 2 aliphatic heterocycles. The van der Waals surface area contributed by atoms with Crippen molar-refractivity contribution in [1.82, 2.24) is 10.2 Å². The first-order chi connectivity index (χ1) is 6.78. The van der Waals surface area contributed by atoms with Crippen molar-refractivity contribution in [1.29, 1.82) is 0 Å². The van der Waals surface area contributed by atoms with Gasteiger partial charge in [-0.15, -0.1) is 0 Å². The molecule has 0 amide bonds. The van der Waals surface area contributed by atoms with E-state index in [1.807, 2.05) is 0 Å². The predicted octanol–water partition coefficient (Wildman–Crippen LogP) is 1.72. The Morgan fingerprint density at radius 1 is 1.29 bits per heavy atom. The van der Waals surface area contributed by atoms with E-state index in [0.29, 0.717) is 5.41 Å². The van der Waals surface area contributed by atoms with E-state index in [1.54, 1.807) is 0 Å². The fourth-order valence-electron chi connectivity index (χ4n) is 2.85. The molecule has 0 bridgehead atoms. The monoisotopic (exact) mass is 196 g/mol. The van der Waals surface area contributed by atoms with Crippen LogP contribution in [0.15, 0.2) is 0 Å². The minimum absolute atomic E-state index is 0.664. The first kappa shape index (κ1) is 10.4. The molecule has 1 N–H and O–H groups in total. The Kier molecular flexibility index (Phi) is 3.13. The van der Waals surface area contributed by atoms with Crippen molar-refractivity contribution in [3.05, 3.63) is 0 Å². The second-order valence-electron chi connectivity index (χ2n) is 5.22. The van der Waals surface area contributed by atoms with Gasteiger partial charge in [-0.25, -0.2) is 0 Å². The second kappa shape index (κ2) is 4.19. The number of rotatable bonds is 4. The summed E-state index contributed by atoms with van der Waals surface area (Å²) in [4.78, 5) is 2.69. The molecule has 14 heavy (non-hydrogen) atoms. The summed E-state index contributed by atoms with van der Waals surface area (Å²) < 4.78 is 0. The average molecular weight is 196 g/mol. The number of hydrogen-bond acceptors (Lipinski definition) is 2. The van der Waals surface area contributed by atoms with E-state index in [0.717, 1.165) is 5.92 Å². The van der Waals surface area contributed by atoms with Gasteiger partial charge in [-0.2, -0.15) is 0 Å². The topological polar surface area (TPSA) is 15.3 Å². The van der Waals surface area contributed by atoms with Crippen molar-refractivity contribution < 1.29 is 0 Å². The third kappa shape index (κ3) is 1.96. The zero-order valence-corrected chi connectivity index (χ0v) is 9.68. The SMILES string of the molecule is CCC1(CC)CCN(CC2CNC2)C1. The summed E-state index contributed by atoms with van der Waals surface area (Å²) in [5.41, 5.74) is 0.664. The Labute approximate surface area is 88.1 Å². The van der Waals surface area contributed by atoms with E-state index in [1.165, 1.54) is 52.0 Å². The Morgan fingerprint density at radius 3 is 2.43 bits per heavy atom. The quantitative estimate of drug-likeness (QED) is 0.736. The third-order valence-corrected chi connectivity index (χ3v) is 4.40. The van der Waals surface area contributed by atoms with E-state index >= 15 is 0 Å². The zero-order chi connectivity index (χ0) is 10.0. The zero-order valence-electron chi connectivity index (χ0n) is 9.68. The lowest BCUT2D eigenvalue weighted by Crippen LogP contribution is -2.48. The summed E-state index contributed by atoms with van der Waals surface area (Å²) in [6.07, 6.45) is 4.16. The summed E-state index contributed by atoms with van der Waals surface area (Å²) in [7, 11) is 0. The van der Waals surface area contributed by atoms with Crippen molar-refractivity contribution in [3.8, 4) is 0 Å². The summed E-state index contributed by atoms with van der Waals surface area (Å²) in [6, 6.07) is 0. The van der Waals surface area contributed by atoms with Gasteiger partial charge in [0, 0.05) is 26.2 Å². The highest BCUT2D eigenvalue weighted by Crippen LogP contribution is 2.37. The van der Waals surface area contributed by atoms with Crippen LogP contribution in [0.25, 0.3) is 0 Å². The van der Waals surface area contributed by atoms with Crippen LogP contribution >= 0.6 is 0 Å². The molecule has 2 heterocycles. The highest BCUT2D eigenvalue weighted by Gasteiger charge is 2.35. The smallest absolute Gasteiger partial charge is 0.00384 e. The van der Waals surface area contributed by atoms with Gasteiger partial charge >= 0.3 is 0 Å². The van der Waals surface area contributed by atoms with Gasteiger partial charge in [-0.3, -0.25) is 0 Å². The molecule has 2 rings (SSSR count). The first-order valence-electron chi connectivity index (χ1n) is 6.21. The highest BCUT2D eigenvalue weighted by molar-refractivity contribution is 4.90. The van der Waals surface area contributed by atoms with Crippen molar-refractivity contribution in [2.75, 3.05) is 32.7 Å². The van der Waals surface area contributed by atoms with Gasteiger partial charge in [0.05, 0.1) is 0 Å². The van der Waals surface area contributed by atoms with Crippen LogP contribution in [-0.4, -0.2) is 37.6 Å². The summed E-state index contributed by atoms with van der Waals surface area (Å²) in [5.74, 6) is 0.944. The minimum atomic E-state index is 0.664. The molecule has 0 aromatic heterocycles. The van der Waals surface area contributed by atoms with E-state index in [9.17, 15) is 0 Å². The van der Waals surface area contributed by atoms with Crippen LogP contribution in [0.3, 0.4) is 0 Å². The average Bonchev–Trinajstić information content (AvgIpc) is 2.56. The van der Waals surface area contributed by atoms with Crippen LogP contribution in [-0.2, 0) is 0 Å². The van der Waals surface area contributed by atoms with Crippen LogP contribution in [0.5, 0.6) is 0 Å². The molecule has 2 saturated heterocycles. The van der Waals surface area contributed by atoms with E-state index in [2.05, 4.69) is 24.1 Å². The van der Waals surface area contributed by atoms with E-state index in [-0.39, 0.29) is 0 Å². The molecule has 2 nitrogen and oxygen atoms in total. The molecular weight excluding hydrogens is 172 g/mol. The Bertz CT molecular complexity index is 183. The fraction of sp³-hybridized carbons (Fsp3) is 1.00. The predicted molar refractivity (Wildman–Crippen MR) is 60.4 cm³/mol. The maximum atomic E-state index is 3.36. The lowest BCUT2D eigenvalue weighted by molar-refractivity contribution is 0.191. The van der Waals surface area contributed by atoms with Gasteiger partial charge < -0.3 is 10.2 Å². The molecule has 2 aliphatic rings. The Balaban J connectivity index is 1.80. The van der Waals surface area contributed by atoms with Gasteiger partial charge in [-0.1, -0.05) is 13.8 Å². The molecule has 0 atom stereocenters. The normalized spacial score (nSPS) is 27.9. The van der Waals surface area contributed by atoms with E-state index in [4.69, 9.17) is 0 Å². The number of nitrogens with one attached hydrogen (secondary N) is 1. The Hall–Kier alpha value is -0.0800. The standard InChI is InChI=1S/C12H24N2/c1-3-12(4-2)5-6-14(10-12)9-11-7-13-8-11/h11,13H,3-10H2,1-2H3. The maximum Gasteiger partial charge on any atom is 0.00384 e. The first-order valence-corrected chi connectivity index (χ1v) is 6.21. The van der Waals surface area contributed by atoms with Crippen LogP contribution in [0, 0.1) is 11.3 Å². The molecule has 0 spiro atoms. The van der Waals surface area contributed by atoms with Gasteiger partial charge in [0.25, 0.3) is 0 Å². The molecule has 2 fully saturated rings. The minimum Gasteiger partial charge on any atom is -0.316 e. The molecule has 0 saturated carbocycles. The molecule has 0 radical (unpaired) electrons. The largest absolute Gasteiger partial charge is 0.316 e. The Morgan fingerprint density at radius 2 is 2.00 bits per heavy atom. The van der Waals surface area contributed by atoms with Gasteiger partial charge in [0.1, 0.15) is 0 Å². The third-order valence-electron chi connectivity index (χ3n) is 4.40.